The quantitative estimate of drug-likeness (QED) is 0.549. The average Bonchev–Trinajstić information content (AvgIpc) is 2.35. The molecule has 1 aliphatic rings. The van der Waals surface area contributed by atoms with Gasteiger partial charge in [0.2, 0.25) is 0 Å². The third-order valence-corrected chi connectivity index (χ3v) is 2.66. The molecule has 0 spiro atoms. The highest BCUT2D eigenvalue weighted by Crippen LogP contribution is 2.33. The zero-order chi connectivity index (χ0) is 7.84. The summed E-state index contributed by atoms with van der Waals surface area (Å²) in [7, 11) is 0. The number of aryl methyl sites for hydroxylation is 1. The van der Waals surface area contributed by atoms with E-state index in [1.165, 1.54) is 24.0 Å². The maximum Gasteiger partial charge on any atom is 0.0305 e. The molecular weight excluding hydrogens is 134 g/mol. The van der Waals surface area contributed by atoms with Gasteiger partial charge >= 0.3 is 0 Å². The fraction of sp³-hybridized carbons (Fsp3) is 0.500. The lowest BCUT2D eigenvalue weighted by Crippen LogP contribution is -1.90. The predicted molar refractivity (Wildman–Crippen MR) is 45.7 cm³/mol. The number of rotatable bonds is 0. The number of hydrogen-bond donors (Lipinski definition) is 0. The Labute approximate surface area is 67.5 Å². The van der Waals surface area contributed by atoms with Crippen molar-refractivity contribution in [3.63, 3.8) is 0 Å². The fourth-order valence-electron chi connectivity index (χ4n) is 1.90. The van der Waals surface area contributed by atoms with Crippen molar-refractivity contribution in [2.45, 2.75) is 32.6 Å². The van der Waals surface area contributed by atoms with Crippen LogP contribution in [0.25, 0.3) is 0 Å². The van der Waals surface area contributed by atoms with Crippen LogP contribution in [0.2, 0.25) is 0 Å². The number of fused-ring (bicyclic) bond motifs is 1. The Kier molecular flexibility index (Phi) is 1.45. The zero-order valence-electron chi connectivity index (χ0n) is 7.09. The third kappa shape index (κ3) is 0.953. The molecule has 0 amide bonds. The molecule has 2 rings (SSSR count). The van der Waals surface area contributed by atoms with Crippen molar-refractivity contribution >= 4 is 0 Å². The zero-order valence-corrected chi connectivity index (χ0v) is 7.09. The van der Waals surface area contributed by atoms with Crippen LogP contribution in [0.1, 0.15) is 36.0 Å². The van der Waals surface area contributed by atoms with Crippen molar-refractivity contribution in [2.24, 2.45) is 0 Å². The molecule has 1 heterocycles. The maximum atomic E-state index is 4.21. The third-order valence-electron chi connectivity index (χ3n) is 2.66. The van der Waals surface area contributed by atoms with Crippen LogP contribution in [0.3, 0.4) is 0 Å². The molecular formula is C10H13N. The van der Waals surface area contributed by atoms with Crippen LogP contribution < -0.4 is 0 Å². The van der Waals surface area contributed by atoms with E-state index in [-0.39, 0.29) is 0 Å². The van der Waals surface area contributed by atoms with E-state index in [9.17, 15) is 0 Å². The molecule has 11 heavy (non-hydrogen) atoms. The highest BCUT2D eigenvalue weighted by Gasteiger charge is 2.19. The van der Waals surface area contributed by atoms with Crippen LogP contribution in [0.15, 0.2) is 12.4 Å². The summed E-state index contributed by atoms with van der Waals surface area (Å²) in [5, 5.41) is 0. The van der Waals surface area contributed by atoms with Crippen molar-refractivity contribution in [2.75, 3.05) is 0 Å². The van der Waals surface area contributed by atoms with Crippen LogP contribution >= 0.6 is 0 Å². The molecule has 0 bridgehead atoms. The summed E-state index contributed by atoms with van der Waals surface area (Å²) >= 11 is 0. The number of nitrogens with zero attached hydrogens (tertiary/aromatic N) is 1. The molecule has 0 fully saturated rings. The van der Waals surface area contributed by atoms with Crippen LogP contribution in [0.4, 0.5) is 0 Å². The van der Waals surface area contributed by atoms with Crippen molar-refractivity contribution in [3.8, 4) is 0 Å². The van der Waals surface area contributed by atoms with E-state index in [1.807, 2.05) is 12.4 Å². The van der Waals surface area contributed by atoms with E-state index in [1.54, 1.807) is 5.56 Å². The molecule has 58 valence electrons. The second-order valence-corrected chi connectivity index (χ2v) is 3.46. The molecule has 0 N–H and O–H groups in total. The summed E-state index contributed by atoms with van der Waals surface area (Å²) in [6.07, 6.45) is 6.56. The largest absolute Gasteiger partial charge is 0.264 e. The molecule has 0 aliphatic heterocycles. The van der Waals surface area contributed by atoms with E-state index in [4.69, 9.17) is 0 Å². The molecule has 0 radical (unpaired) electrons. The Morgan fingerprint density at radius 2 is 2.27 bits per heavy atom. The van der Waals surface area contributed by atoms with Crippen molar-refractivity contribution in [1.82, 2.24) is 4.98 Å². The first-order valence-corrected chi connectivity index (χ1v) is 4.22. The van der Waals surface area contributed by atoms with Crippen molar-refractivity contribution < 1.29 is 0 Å². The maximum absolute atomic E-state index is 4.21. The SMILES string of the molecule is Cc1cncc2c1CC[C@@H]2C. The predicted octanol–water partition coefficient (Wildman–Crippen LogP) is 2.44. The average molecular weight is 147 g/mol. The number of pyridine rings is 1. The molecule has 1 heteroatoms. The molecule has 1 nitrogen and oxygen atoms in total. The molecule has 1 aliphatic carbocycles. The van der Waals surface area contributed by atoms with Gasteiger partial charge in [0.1, 0.15) is 0 Å². The molecule has 0 saturated heterocycles. The smallest absolute Gasteiger partial charge is 0.0305 e. The van der Waals surface area contributed by atoms with E-state index in [0.717, 1.165) is 5.92 Å². The van der Waals surface area contributed by atoms with Gasteiger partial charge in [0.25, 0.3) is 0 Å². The van der Waals surface area contributed by atoms with Gasteiger partial charge in [-0.3, -0.25) is 4.98 Å². The van der Waals surface area contributed by atoms with Gasteiger partial charge in [0, 0.05) is 12.4 Å². The summed E-state index contributed by atoms with van der Waals surface area (Å²) < 4.78 is 0. The second kappa shape index (κ2) is 2.33. The lowest BCUT2D eigenvalue weighted by molar-refractivity contribution is 0.745. The van der Waals surface area contributed by atoms with Crippen molar-refractivity contribution in [1.29, 1.82) is 0 Å². The monoisotopic (exact) mass is 147 g/mol. The van der Waals surface area contributed by atoms with E-state index < -0.39 is 0 Å². The van der Waals surface area contributed by atoms with Crippen molar-refractivity contribution in [3.05, 3.63) is 29.1 Å². The topological polar surface area (TPSA) is 12.9 Å². The molecule has 1 aromatic rings. The summed E-state index contributed by atoms with van der Waals surface area (Å²) in [6, 6.07) is 0. The molecule has 0 aromatic carbocycles. The van der Waals surface area contributed by atoms with Gasteiger partial charge in [0.15, 0.2) is 0 Å². The van der Waals surface area contributed by atoms with Gasteiger partial charge in [-0.2, -0.15) is 0 Å². The lowest BCUT2D eigenvalue weighted by Gasteiger charge is -2.04. The summed E-state index contributed by atoms with van der Waals surface area (Å²) in [6.45, 7) is 4.44. The van der Waals surface area contributed by atoms with Crippen LogP contribution in [0.5, 0.6) is 0 Å². The highest BCUT2D eigenvalue weighted by molar-refractivity contribution is 5.37. The first-order chi connectivity index (χ1) is 5.29. The van der Waals surface area contributed by atoms with E-state index in [2.05, 4.69) is 18.8 Å². The Hall–Kier alpha value is -0.850. The lowest BCUT2D eigenvalue weighted by atomic mass is 10.0. The standard InChI is InChI=1S/C10H13N/c1-7-3-4-9-8(2)5-11-6-10(7)9/h5-7H,3-4H2,1-2H3/t7-/m0/s1. The molecule has 0 unspecified atom stereocenters. The Morgan fingerprint density at radius 3 is 3.00 bits per heavy atom. The second-order valence-electron chi connectivity index (χ2n) is 3.46. The van der Waals surface area contributed by atoms with Crippen LogP contribution in [-0.2, 0) is 6.42 Å². The van der Waals surface area contributed by atoms with Crippen LogP contribution in [-0.4, -0.2) is 4.98 Å². The normalized spacial score (nSPS) is 21.8. The summed E-state index contributed by atoms with van der Waals surface area (Å²) in [5.41, 5.74) is 4.39. The van der Waals surface area contributed by atoms with Crippen LogP contribution in [0, 0.1) is 6.92 Å². The van der Waals surface area contributed by atoms with Gasteiger partial charge in [-0.15, -0.1) is 0 Å². The number of hydrogen-bond acceptors (Lipinski definition) is 1. The fourth-order valence-corrected chi connectivity index (χ4v) is 1.90. The number of aromatic nitrogens is 1. The Balaban J connectivity index is 2.57. The van der Waals surface area contributed by atoms with Gasteiger partial charge in [0.05, 0.1) is 0 Å². The molecule has 0 saturated carbocycles. The highest BCUT2D eigenvalue weighted by atomic mass is 14.6. The first-order valence-electron chi connectivity index (χ1n) is 4.22. The minimum Gasteiger partial charge on any atom is -0.264 e. The van der Waals surface area contributed by atoms with Gasteiger partial charge in [-0.25, -0.2) is 0 Å². The Bertz CT molecular complexity index is 278. The van der Waals surface area contributed by atoms with Gasteiger partial charge < -0.3 is 0 Å². The minimum absolute atomic E-state index is 0.734. The Morgan fingerprint density at radius 1 is 1.45 bits per heavy atom. The van der Waals surface area contributed by atoms with Gasteiger partial charge in [-0.05, 0) is 42.4 Å². The van der Waals surface area contributed by atoms with E-state index >= 15 is 0 Å². The summed E-state index contributed by atoms with van der Waals surface area (Å²) in [4.78, 5) is 4.21. The van der Waals surface area contributed by atoms with E-state index in [0.29, 0.717) is 0 Å². The first kappa shape index (κ1) is 6.84. The molecule has 1 atom stereocenters. The minimum atomic E-state index is 0.734. The van der Waals surface area contributed by atoms with Gasteiger partial charge in [-0.1, -0.05) is 6.92 Å². The molecule has 1 aromatic heterocycles. The summed E-state index contributed by atoms with van der Waals surface area (Å²) in [5.74, 6) is 0.734.